The average Bonchev–Trinajstić information content (AvgIpc) is 3.78. The minimum absolute atomic E-state index is 0.0695. The van der Waals surface area contributed by atoms with E-state index in [9.17, 15) is 8.42 Å². The number of ether oxygens (including phenoxy) is 1. The summed E-state index contributed by atoms with van der Waals surface area (Å²) in [7, 11) is -3.63. The van der Waals surface area contributed by atoms with Crippen molar-refractivity contribution in [2.24, 2.45) is 11.8 Å². The van der Waals surface area contributed by atoms with Gasteiger partial charge >= 0.3 is 0 Å². The third-order valence-electron chi connectivity index (χ3n) is 10.3. The summed E-state index contributed by atoms with van der Waals surface area (Å²) in [6.45, 7) is 7.71. The maximum atomic E-state index is 14.2. The second-order valence-corrected chi connectivity index (χ2v) is 16.8. The van der Waals surface area contributed by atoms with Crippen molar-refractivity contribution in [2.45, 2.75) is 76.2 Å². The first-order chi connectivity index (χ1) is 23.3. The predicted molar refractivity (Wildman–Crippen MR) is 189 cm³/mol. The maximum Gasteiger partial charge on any atom is 0.181 e. The first-order valence-corrected chi connectivity index (χ1v) is 19.5. The topological polar surface area (TPSA) is 120 Å². The smallest absolute Gasteiger partial charge is 0.181 e. The Morgan fingerprint density at radius 2 is 1.88 bits per heavy atom. The summed E-state index contributed by atoms with van der Waals surface area (Å²) >= 11 is 1.59. The summed E-state index contributed by atoms with van der Waals surface area (Å²) < 4.78 is 35.1. The van der Waals surface area contributed by atoms with Gasteiger partial charge in [-0.2, -0.15) is 0 Å². The third kappa shape index (κ3) is 5.69. The lowest BCUT2D eigenvalue weighted by Gasteiger charge is -2.23. The van der Waals surface area contributed by atoms with Crippen LogP contribution in [0.4, 0.5) is 5.82 Å². The molecule has 0 amide bonds. The van der Waals surface area contributed by atoms with E-state index in [1.165, 1.54) is 5.56 Å². The standard InChI is InChI=1S/C37H40N6O3S2/c1-21(2)26-19-48(44,45)36-33(31-18-24-10-14-39-37(35(24)47-31)43-28-9-8-27-25(28)5-4-13-38-27)32(30-17-22(3)40-20-41-30)29(42-34(26)36)7-6-23-11-15-46-16-12-23/h4-5,10,13-14,17-18,20-21,23,26,28H,6-9,11-12,15-16,19H2,1-3H3,(H,39,43)/t26-,28-/m1/s1. The highest BCUT2D eigenvalue weighted by molar-refractivity contribution is 7.92. The fraction of sp³-hybridized carbons (Fsp3) is 0.432. The largest absolute Gasteiger partial charge is 0.381 e. The van der Waals surface area contributed by atoms with E-state index in [-0.39, 0.29) is 23.6 Å². The molecule has 0 radical (unpaired) electrons. The van der Waals surface area contributed by atoms with Crippen molar-refractivity contribution in [3.63, 3.8) is 0 Å². The van der Waals surface area contributed by atoms with Crippen LogP contribution in [0.25, 0.3) is 31.8 Å². The van der Waals surface area contributed by atoms with Crippen LogP contribution < -0.4 is 5.32 Å². The highest BCUT2D eigenvalue weighted by Crippen LogP contribution is 2.51. The van der Waals surface area contributed by atoms with Crippen molar-refractivity contribution in [1.82, 2.24) is 24.9 Å². The molecule has 0 saturated carbocycles. The molecule has 0 unspecified atom stereocenters. The zero-order valence-electron chi connectivity index (χ0n) is 27.6. The van der Waals surface area contributed by atoms with Crippen molar-refractivity contribution in [3.05, 3.63) is 77.4 Å². The van der Waals surface area contributed by atoms with Crippen LogP contribution in [0.15, 0.2) is 53.9 Å². The lowest BCUT2D eigenvalue weighted by molar-refractivity contribution is 0.0639. The summed E-state index contributed by atoms with van der Waals surface area (Å²) in [5.74, 6) is 1.37. The normalized spacial score (nSPS) is 20.3. The summed E-state index contributed by atoms with van der Waals surface area (Å²) in [5, 5.41) is 4.74. The number of hydrogen-bond acceptors (Lipinski definition) is 10. The van der Waals surface area contributed by atoms with E-state index in [0.29, 0.717) is 22.2 Å². The number of rotatable bonds is 8. The summed E-state index contributed by atoms with van der Waals surface area (Å²) in [6.07, 6.45) is 10.9. The second-order valence-electron chi connectivity index (χ2n) is 13.8. The Morgan fingerprint density at radius 1 is 1.02 bits per heavy atom. The maximum absolute atomic E-state index is 14.2. The molecule has 0 aromatic carbocycles. The molecule has 7 heterocycles. The molecule has 8 rings (SSSR count). The minimum Gasteiger partial charge on any atom is -0.381 e. The Kier molecular flexibility index (Phi) is 8.25. The summed E-state index contributed by atoms with van der Waals surface area (Å²) in [5.41, 5.74) is 7.03. The van der Waals surface area contributed by atoms with Gasteiger partial charge in [-0.05, 0) is 92.5 Å². The van der Waals surface area contributed by atoms with Gasteiger partial charge in [0.2, 0.25) is 0 Å². The highest BCUT2D eigenvalue weighted by Gasteiger charge is 2.42. The van der Waals surface area contributed by atoms with Gasteiger partial charge in [0.1, 0.15) is 12.1 Å². The predicted octanol–water partition coefficient (Wildman–Crippen LogP) is 7.50. The Morgan fingerprint density at radius 3 is 2.69 bits per heavy atom. The number of thiophene rings is 1. The number of pyridine rings is 3. The number of fused-ring (bicyclic) bond motifs is 3. The van der Waals surface area contributed by atoms with Gasteiger partial charge in [-0.25, -0.2) is 23.4 Å². The second kappa shape index (κ2) is 12.6. The number of aryl methyl sites for hydroxylation is 3. The molecule has 1 aliphatic carbocycles. The van der Waals surface area contributed by atoms with E-state index in [1.54, 1.807) is 17.7 Å². The Labute approximate surface area is 285 Å². The minimum atomic E-state index is -3.63. The molecule has 3 aliphatic rings. The van der Waals surface area contributed by atoms with E-state index >= 15 is 0 Å². The molecule has 1 saturated heterocycles. The van der Waals surface area contributed by atoms with Gasteiger partial charge in [0.15, 0.2) is 9.84 Å². The van der Waals surface area contributed by atoms with E-state index in [1.807, 2.05) is 37.5 Å². The van der Waals surface area contributed by atoms with Crippen molar-refractivity contribution in [1.29, 1.82) is 0 Å². The lowest BCUT2D eigenvalue weighted by atomic mass is 9.88. The van der Waals surface area contributed by atoms with E-state index < -0.39 is 9.84 Å². The van der Waals surface area contributed by atoms with Gasteiger partial charge in [-0.3, -0.25) is 9.97 Å². The van der Waals surface area contributed by atoms with E-state index in [0.717, 1.165) is 101 Å². The molecule has 5 aromatic heterocycles. The SMILES string of the molecule is Cc1cc(-c2c(CCC3CCOCC3)nc3c(c2-c2cc4ccnc(N[C@@H]5CCc6ncccc65)c4s2)S(=O)(=O)C[C@@H]3C(C)C)ncn1. The molecule has 48 heavy (non-hydrogen) atoms. The molecule has 1 N–H and O–H groups in total. The van der Waals surface area contributed by atoms with Crippen molar-refractivity contribution >= 4 is 37.1 Å². The first-order valence-electron chi connectivity index (χ1n) is 17.0. The van der Waals surface area contributed by atoms with Crippen LogP contribution in [0.1, 0.15) is 79.8 Å². The van der Waals surface area contributed by atoms with Crippen LogP contribution in [0.3, 0.4) is 0 Å². The Bertz CT molecular complexity index is 2120. The number of hydrogen-bond donors (Lipinski definition) is 1. The zero-order valence-corrected chi connectivity index (χ0v) is 29.2. The summed E-state index contributed by atoms with van der Waals surface area (Å²) in [4.78, 5) is 25.1. The number of aromatic nitrogens is 5. The van der Waals surface area contributed by atoms with Crippen LogP contribution in [0.5, 0.6) is 0 Å². The van der Waals surface area contributed by atoms with Gasteiger partial charge in [0, 0.05) is 58.9 Å². The Balaban J connectivity index is 1.33. The van der Waals surface area contributed by atoms with Gasteiger partial charge in [0.05, 0.1) is 38.5 Å². The van der Waals surface area contributed by atoms with E-state index in [2.05, 4.69) is 41.3 Å². The van der Waals surface area contributed by atoms with Crippen LogP contribution in [0, 0.1) is 18.8 Å². The van der Waals surface area contributed by atoms with E-state index in [4.69, 9.17) is 19.7 Å². The van der Waals surface area contributed by atoms with Crippen molar-refractivity contribution in [2.75, 3.05) is 24.3 Å². The monoisotopic (exact) mass is 680 g/mol. The zero-order chi connectivity index (χ0) is 33.0. The van der Waals surface area contributed by atoms with Crippen molar-refractivity contribution < 1.29 is 13.2 Å². The molecule has 2 atom stereocenters. The van der Waals surface area contributed by atoms with Gasteiger partial charge in [0.25, 0.3) is 0 Å². The third-order valence-corrected chi connectivity index (χ3v) is 13.3. The van der Waals surface area contributed by atoms with Crippen LogP contribution in [-0.4, -0.2) is 52.3 Å². The van der Waals surface area contributed by atoms with Gasteiger partial charge < -0.3 is 10.1 Å². The molecule has 9 nitrogen and oxygen atoms in total. The first kappa shape index (κ1) is 31.5. The molecular formula is C37H40N6O3S2. The number of anilines is 1. The lowest BCUT2D eigenvalue weighted by Crippen LogP contribution is -2.17. The summed E-state index contributed by atoms with van der Waals surface area (Å²) in [6, 6.07) is 10.3. The van der Waals surface area contributed by atoms with Crippen molar-refractivity contribution in [3.8, 4) is 21.7 Å². The highest BCUT2D eigenvalue weighted by atomic mass is 32.2. The number of sulfone groups is 1. The molecule has 2 aliphatic heterocycles. The van der Waals surface area contributed by atoms with Gasteiger partial charge in [-0.15, -0.1) is 11.3 Å². The molecule has 11 heteroatoms. The molecule has 0 spiro atoms. The molecule has 1 fully saturated rings. The van der Waals surface area contributed by atoms with Gasteiger partial charge in [-0.1, -0.05) is 19.9 Å². The molecular weight excluding hydrogens is 641 g/mol. The average molecular weight is 681 g/mol. The molecule has 5 aromatic rings. The molecule has 248 valence electrons. The van der Waals surface area contributed by atoms with Crippen LogP contribution >= 0.6 is 11.3 Å². The fourth-order valence-corrected chi connectivity index (χ4v) is 11.1. The number of nitrogens with one attached hydrogen (secondary N) is 1. The van der Waals surface area contributed by atoms with Crippen LogP contribution in [0.2, 0.25) is 0 Å². The van der Waals surface area contributed by atoms with Crippen LogP contribution in [-0.2, 0) is 27.4 Å². The fourth-order valence-electron chi connectivity index (χ4n) is 7.69. The quantitative estimate of drug-likeness (QED) is 0.178. The molecule has 0 bridgehead atoms. The number of nitrogens with zero attached hydrogens (tertiary/aromatic N) is 5. The Hall–Kier alpha value is -3.80.